The lowest BCUT2D eigenvalue weighted by Gasteiger charge is -2.27. The van der Waals surface area contributed by atoms with E-state index in [9.17, 15) is 13.2 Å². The number of carboxylic acids is 1. The van der Waals surface area contributed by atoms with E-state index in [2.05, 4.69) is 10.0 Å². The van der Waals surface area contributed by atoms with Crippen molar-refractivity contribution in [2.24, 2.45) is 0 Å². The fourth-order valence-corrected chi connectivity index (χ4v) is 3.36. The second-order valence-corrected chi connectivity index (χ2v) is 6.21. The number of carboxylic acid groups (broad SMARTS) is 1. The van der Waals surface area contributed by atoms with Crippen molar-refractivity contribution in [3.8, 4) is 0 Å². The number of benzene rings is 1. The summed E-state index contributed by atoms with van der Waals surface area (Å²) in [4.78, 5) is 11.0. The molecule has 20 heavy (non-hydrogen) atoms. The minimum absolute atomic E-state index is 0.0884. The summed E-state index contributed by atoms with van der Waals surface area (Å²) in [7, 11) is -3.65. The van der Waals surface area contributed by atoms with Gasteiger partial charge in [0.15, 0.2) is 0 Å². The molecule has 3 N–H and O–H groups in total. The molecule has 0 aromatic heterocycles. The monoisotopic (exact) mass is 299 g/mol. The number of carbonyl (C=O) groups is 1. The molecule has 1 aliphatic heterocycles. The number of anilines is 1. The molecule has 0 aliphatic carbocycles. The summed E-state index contributed by atoms with van der Waals surface area (Å²) < 4.78 is 28.3. The Labute approximate surface area is 117 Å². The molecule has 1 aromatic carbocycles. The third-order valence-electron chi connectivity index (χ3n) is 3.22. The van der Waals surface area contributed by atoms with Crippen molar-refractivity contribution < 1.29 is 18.3 Å². The molecule has 0 atom stereocenters. The summed E-state index contributed by atoms with van der Waals surface area (Å²) >= 11 is 0. The van der Waals surface area contributed by atoms with Crippen LogP contribution in [0.15, 0.2) is 18.2 Å². The first-order valence-corrected chi connectivity index (χ1v) is 7.67. The van der Waals surface area contributed by atoms with Crippen molar-refractivity contribution in [2.45, 2.75) is 6.92 Å². The molecular formula is C12H17N3O4S. The van der Waals surface area contributed by atoms with Crippen LogP contribution in [0.3, 0.4) is 0 Å². The van der Waals surface area contributed by atoms with Crippen LogP contribution in [-0.4, -0.2) is 50.0 Å². The molecule has 1 heterocycles. The van der Waals surface area contributed by atoms with Crippen LogP contribution in [0.5, 0.6) is 0 Å². The van der Waals surface area contributed by atoms with Crippen molar-refractivity contribution in [1.29, 1.82) is 0 Å². The summed E-state index contributed by atoms with van der Waals surface area (Å²) in [6, 6.07) is 4.52. The molecule has 2 rings (SSSR count). The Balaban J connectivity index is 2.25. The summed E-state index contributed by atoms with van der Waals surface area (Å²) in [5, 5.41) is 12.1. The smallest absolute Gasteiger partial charge is 0.336 e. The van der Waals surface area contributed by atoms with E-state index in [1.807, 2.05) is 0 Å². The van der Waals surface area contributed by atoms with Gasteiger partial charge in [0, 0.05) is 26.2 Å². The van der Waals surface area contributed by atoms with Gasteiger partial charge in [0.2, 0.25) is 0 Å². The molecule has 0 amide bonds. The lowest BCUT2D eigenvalue weighted by molar-refractivity contribution is 0.0696. The molecule has 7 nitrogen and oxygen atoms in total. The van der Waals surface area contributed by atoms with Crippen molar-refractivity contribution in [3.05, 3.63) is 29.3 Å². The molecule has 110 valence electrons. The zero-order valence-corrected chi connectivity index (χ0v) is 11.9. The van der Waals surface area contributed by atoms with E-state index in [0.29, 0.717) is 37.4 Å². The van der Waals surface area contributed by atoms with E-state index >= 15 is 0 Å². The Morgan fingerprint density at radius 3 is 2.60 bits per heavy atom. The molecule has 0 unspecified atom stereocenters. The zero-order chi connectivity index (χ0) is 14.8. The first kappa shape index (κ1) is 14.8. The Morgan fingerprint density at radius 2 is 2.00 bits per heavy atom. The molecule has 1 saturated heterocycles. The Hall–Kier alpha value is -1.64. The van der Waals surface area contributed by atoms with Crippen LogP contribution in [0.25, 0.3) is 0 Å². The predicted molar refractivity (Wildman–Crippen MR) is 75.1 cm³/mol. The third-order valence-corrected chi connectivity index (χ3v) is 4.74. The molecule has 1 aromatic rings. The summed E-state index contributed by atoms with van der Waals surface area (Å²) in [6.07, 6.45) is 0. The molecule has 1 aliphatic rings. The standard InChI is InChI=1S/C12H17N3O4S/c1-9-10(12(16)17)3-2-4-11(9)14-20(18,19)15-7-5-13-6-8-15/h2-4,13-14H,5-8H2,1H3,(H,16,17). The molecule has 0 radical (unpaired) electrons. The van der Waals surface area contributed by atoms with Gasteiger partial charge in [-0.15, -0.1) is 0 Å². The van der Waals surface area contributed by atoms with E-state index in [1.54, 1.807) is 13.0 Å². The average Bonchev–Trinajstić information content (AvgIpc) is 2.41. The first-order chi connectivity index (χ1) is 9.42. The van der Waals surface area contributed by atoms with Gasteiger partial charge >= 0.3 is 16.2 Å². The maximum atomic E-state index is 12.2. The summed E-state index contributed by atoms with van der Waals surface area (Å²) in [5.74, 6) is -1.08. The van der Waals surface area contributed by atoms with Gasteiger partial charge in [0.25, 0.3) is 0 Å². The van der Waals surface area contributed by atoms with E-state index in [-0.39, 0.29) is 5.56 Å². The van der Waals surface area contributed by atoms with Crippen molar-refractivity contribution in [3.63, 3.8) is 0 Å². The zero-order valence-electron chi connectivity index (χ0n) is 11.1. The largest absolute Gasteiger partial charge is 0.478 e. The fourth-order valence-electron chi connectivity index (χ4n) is 2.07. The molecule has 8 heteroatoms. The van der Waals surface area contributed by atoms with Crippen LogP contribution in [0, 0.1) is 6.92 Å². The van der Waals surface area contributed by atoms with Crippen molar-refractivity contribution in [2.75, 3.05) is 30.9 Å². The maximum absolute atomic E-state index is 12.2. The van der Waals surface area contributed by atoms with Crippen LogP contribution in [0.2, 0.25) is 0 Å². The molecule has 1 fully saturated rings. The molecule has 0 bridgehead atoms. The van der Waals surface area contributed by atoms with Gasteiger partial charge in [0.1, 0.15) is 0 Å². The molecule has 0 saturated carbocycles. The van der Waals surface area contributed by atoms with Crippen molar-refractivity contribution in [1.82, 2.24) is 9.62 Å². The number of nitrogens with zero attached hydrogens (tertiary/aromatic N) is 1. The quantitative estimate of drug-likeness (QED) is 0.740. The van der Waals surface area contributed by atoms with Crippen LogP contribution in [0.1, 0.15) is 15.9 Å². The van der Waals surface area contributed by atoms with E-state index in [4.69, 9.17) is 5.11 Å². The average molecular weight is 299 g/mol. The van der Waals surface area contributed by atoms with Crippen LogP contribution >= 0.6 is 0 Å². The number of aromatic carboxylic acids is 1. The lowest BCUT2D eigenvalue weighted by atomic mass is 10.1. The van der Waals surface area contributed by atoms with Gasteiger partial charge < -0.3 is 10.4 Å². The maximum Gasteiger partial charge on any atom is 0.336 e. The van der Waals surface area contributed by atoms with Crippen LogP contribution in [-0.2, 0) is 10.2 Å². The van der Waals surface area contributed by atoms with E-state index in [1.165, 1.54) is 16.4 Å². The highest BCUT2D eigenvalue weighted by molar-refractivity contribution is 7.90. The highest BCUT2D eigenvalue weighted by atomic mass is 32.2. The minimum Gasteiger partial charge on any atom is -0.478 e. The summed E-state index contributed by atoms with van der Waals surface area (Å²) in [5.41, 5.74) is 0.785. The highest BCUT2D eigenvalue weighted by Gasteiger charge is 2.24. The van der Waals surface area contributed by atoms with E-state index < -0.39 is 16.2 Å². The number of nitrogens with one attached hydrogen (secondary N) is 2. The van der Waals surface area contributed by atoms with Crippen LogP contribution in [0.4, 0.5) is 5.69 Å². The molecular weight excluding hydrogens is 282 g/mol. The van der Waals surface area contributed by atoms with Gasteiger partial charge in [-0.25, -0.2) is 4.79 Å². The topological polar surface area (TPSA) is 98.7 Å². The Kier molecular flexibility index (Phi) is 4.26. The predicted octanol–water partition coefficient (Wildman–Crippen LogP) is 0.255. The number of hydrogen-bond acceptors (Lipinski definition) is 4. The third kappa shape index (κ3) is 3.09. The van der Waals surface area contributed by atoms with Gasteiger partial charge in [-0.05, 0) is 24.6 Å². The normalized spacial score (nSPS) is 16.9. The second kappa shape index (κ2) is 5.78. The van der Waals surface area contributed by atoms with Crippen LogP contribution < -0.4 is 10.0 Å². The number of rotatable bonds is 4. The van der Waals surface area contributed by atoms with Gasteiger partial charge in [-0.1, -0.05) is 6.07 Å². The number of hydrogen-bond donors (Lipinski definition) is 3. The fraction of sp³-hybridized carbons (Fsp3) is 0.417. The summed E-state index contributed by atoms with van der Waals surface area (Å²) in [6.45, 7) is 3.59. The van der Waals surface area contributed by atoms with Gasteiger partial charge in [0.05, 0.1) is 11.3 Å². The Bertz CT molecular complexity index is 609. The number of piperazine rings is 1. The second-order valence-electron chi connectivity index (χ2n) is 4.54. The SMILES string of the molecule is Cc1c(NS(=O)(=O)N2CCNCC2)cccc1C(=O)O. The molecule has 0 spiro atoms. The first-order valence-electron chi connectivity index (χ1n) is 6.23. The Morgan fingerprint density at radius 1 is 1.35 bits per heavy atom. The van der Waals surface area contributed by atoms with Crippen molar-refractivity contribution >= 4 is 21.9 Å². The van der Waals surface area contributed by atoms with Gasteiger partial charge in [-0.2, -0.15) is 12.7 Å². The lowest BCUT2D eigenvalue weighted by Crippen LogP contribution is -2.48. The van der Waals surface area contributed by atoms with Gasteiger partial charge in [-0.3, -0.25) is 4.72 Å². The van der Waals surface area contributed by atoms with E-state index in [0.717, 1.165) is 0 Å². The highest BCUT2D eigenvalue weighted by Crippen LogP contribution is 2.21. The minimum atomic E-state index is -3.65.